The minimum atomic E-state index is -0.431. The van der Waals surface area contributed by atoms with Crippen molar-refractivity contribution in [3.8, 4) is 0 Å². The average molecular weight is 224 g/mol. The highest BCUT2D eigenvalue weighted by Gasteiger charge is 2.59. The second-order valence-electron chi connectivity index (χ2n) is 7.24. The lowest BCUT2D eigenvalue weighted by molar-refractivity contribution is -0.202. The molecule has 0 spiro atoms. The molecule has 2 heteroatoms. The van der Waals surface area contributed by atoms with E-state index in [1.165, 1.54) is 6.42 Å². The van der Waals surface area contributed by atoms with Crippen molar-refractivity contribution in [3.05, 3.63) is 0 Å². The zero-order valence-electron chi connectivity index (χ0n) is 10.4. The van der Waals surface area contributed by atoms with E-state index in [0.717, 1.165) is 32.1 Å². The lowest BCUT2D eigenvalue weighted by atomic mass is 9.46. The Morgan fingerprint density at radius 1 is 1.06 bits per heavy atom. The first-order chi connectivity index (χ1) is 7.42. The molecule has 4 aliphatic carbocycles. The summed E-state index contributed by atoms with van der Waals surface area (Å²) < 4.78 is 0. The van der Waals surface area contributed by atoms with Gasteiger partial charge in [0, 0.05) is 0 Å². The van der Waals surface area contributed by atoms with Crippen LogP contribution in [0.25, 0.3) is 0 Å². The third-order valence-corrected chi connectivity index (χ3v) is 5.33. The number of hydrogen-bond acceptors (Lipinski definition) is 2. The Morgan fingerprint density at radius 3 is 2.06 bits per heavy atom. The van der Waals surface area contributed by atoms with E-state index in [-0.39, 0.29) is 11.5 Å². The normalized spacial score (nSPS) is 52.3. The number of hydrogen-bond donors (Lipinski definition) is 2. The van der Waals surface area contributed by atoms with Crippen LogP contribution in [0, 0.1) is 23.2 Å². The molecule has 4 fully saturated rings. The lowest BCUT2D eigenvalue weighted by Gasteiger charge is -2.62. The fraction of sp³-hybridized carbons (Fsp3) is 1.00. The third-order valence-electron chi connectivity index (χ3n) is 5.33. The number of aliphatic hydroxyl groups excluding tert-OH is 1. The monoisotopic (exact) mass is 224 g/mol. The van der Waals surface area contributed by atoms with Crippen molar-refractivity contribution in [2.24, 2.45) is 23.2 Å². The first kappa shape index (κ1) is 11.0. The van der Waals surface area contributed by atoms with E-state index in [1.54, 1.807) is 0 Å². The second kappa shape index (κ2) is 3.23. The second-order valence-corrected chi connectivity index (χ2v) is 7.24. The SMILES string of the molecule is CC(C)C(O)C12CC3CC(CC(O)(C3)C1)C2. The van der Waals surface area contributed by atoms with Crippen LogP contribution >= 0.6 is 0 Å². The minimum absolute atomic E-state index is 0.0486. The van der Waals surface area contributed by atoms with E-state index < -0.39 is 5.60 Å². The molecule has 0 radical (unpaired) electrons. The average Bonchev–Trinajstić information content (AvgIpc) is 2.12. The fourth-order valence-corrected chi connectivity index (χ4v) is 5.34. The van der Waals surface area contributed by atoms with Crippen LogP contribution in [0.4, 0.5) is 0 Å². The highest BCUT2D eigenvalue weighted by Crippen LogP contribution is 2.63. The van der Waals surface area contributed by atoms with Crippen LogP contribution in [0.5, 0.6) is 0 Å². The molecule has 4 rings (SSSR count). The van der Waals surface area contributed by atoms with Gasteiger partial charge < -0.3 is 10.2 Å². The van der Waals surface area contributed by atoms with Crippen LogP contribution in [-0.4, -0.2) is 21.9 Å². The Balaban J connectivity index is 1.92. The Bertz CT molecular complexity index is 283. The van der Waals surface area contributed by atoms with Gasteiger partial charge in [0.1, 0.15) is 0 Å². The van der Waals surface area contributed by atoms with E-state index in [4.69, 9.17) is 0 Å². The van der Waals surface area contributed by atoms with Crippen molar-refractivity contribution in [3.63, 3.8) is 0 Å². The topological polar surface area (TPSA) is 40.5 Å². The molecule has 0 aromatic heterocycles. The summed E-state index contributed by atoms with van der Waals surface area (Å²) in [7, 11) is 0. The lowest BCUT2D eigenvalue weighted by Crippen LogP contribution is -2.60. The van der Waals surface area contributed by atoms with Gasteiger partial charge in [-0.25, -0.2) is 0 Å². The van der Waals surface area contributed by atoms with E-state index in [2.05, 4.69) is 13.8 Å². The van der Waals surface area contributed by atoms with E-state index >= 15 is 0 Å². The summed E-state index contributed by atoms with van der Waals surface area (Å²) in [4.78, 5) is 0. The van der Waals surface area contributed by atoms with Crippen LogP contribution in [0.2, 0.25) is 0 Å². The molecule has 0 heterocycles. The molecular formula is C14H24O2. The summed E-state index contributed by atoms with van der Waals surface area (Å²) in [5, 5.41) is 21.1. The Labute approximate surface area is 98.1 Å². The van der Waals surface area contributed by atoms with Crippen LogP contribution in [0.3, 0.4) is 0 Å². The Kier molecular flexibility index (Phi) is 2.23. The fourth-order valence-electron chi connectivity index (χ4n) is 5.34. The van der Waals surface area contributed by atoms with Crippen LogP contribution in [0.15, 0.2) is 0 Å². The van der Waals surface area contributed by atoms with Gasteiger partial charge in [-0.1, -0.05) is 13.8 Å². The highest BCUT2D eigenvalue weighted by atomic mass is 16.3. The van der Waals surface area contributed by atoms with Crippen LogP contribution in [-0.2, 0) is 0 Å². The van der Waals surface area contributed by atoms with Crippen LogP contribution in [0.1, 0.15) is 52.4 Å². The molecule has 0 aromatic carbocycles. The van der Waals surface area contributed by atoms with Crippen molar-refractivity contribution in [2.75, 3.05) is 0 Å². The van der Waals surface area contributed by atoms with E-state index in [1.807, 2.05) is 0 Å². The number of aliphatic hydroxyl groups is 2. The molecule has 3 unspecified atom stereocenters. The van der Waals surface area contributed by atoms with Crippen molar-refractivity contribution in [1.82, 2.24) is 0 Å². The Morgan fingerprint density at radius 2 is 1.62 bits per heavy atom. The number of rotatable bonds is 2. The largest absolute Gasteiger partial charge is 0.392 e. The molecule has 4 saturated carbocycles. The quantitative estimate of drug-likeness (QED) is 0.756. The molecule has 0 aliphatic heterocycles. The van der Waals surface area contributed by atoms with Gasteiger partial charge in [-0.15, -0.1) is 0 Å². The summed E-state index contributed by atoms with van der Waals surface area (Å²) in [5.41, 5.74) is -0.382. The maximum absolute atomic E-state index is 10.6. The van der Waals surface area contributed by atoms with Gasteiger partial charge >= 0.3 is 0 Å². The minimum Gasteiger partial charge on any atom is -0.392 e. The smallest absolute Gasteiger partial charge is 0.0659 e. The summed E-state index contributed by atoms with van der Waals surface area (Å²) in [6.07, 6.45) is 6.24. The van der Waals surface area contributed by atoms with Gasteiger partial charge in [-0.05, 0) is 61.7 Å². The maximum Gasteiger partial charge on any atom is 0.0659 e. The van der Waals surface area contributed by atoms with Crippen molar-refractivity contribution in [2.45, 2.75) is 64.1 Å². The highest BCUT2D eigenvalue weighted by molar-refractivity contribution is 5.10. The first-order valence-electron chi connectivity index (χ1n) is 6.83. The molecular weight excluding hydrogens is 200 g/mol. The zero-order chi connectivity index (χ0) is 11.6. The van der Waals surface area contributed by atoms with E-state index in [0.29, 0.717) is 17.8 Å². The predicted octanol–water partition coefficient (Wildman–Crippen LogP) is 2.33. The summed E-state index contributed by atoms with van der Waals surface area (Å²) in [6.45, 7) is 4.21. The van der Waals surface area contributed by atoms with Crippen molar-refractivity contribution in [1.29, 1.82) is 0 Å². The summed E-state index contributed by atoms with van der Waals surface area (Å²) >= 11 is 0. The van der Waals surface area contributed by atoms with Gasteiger partial charge in [0.05, 0.1) is 11.7 Å². The third kappa shape index (κ3) is 1.46. The summed E-state index contributed by atoms with van der Waals surface area (Å²) in [6, 6.07) is 0. The molecule has 2 nitrogen and oxygen atoms in total. The zero-order valence-corrected chi connectivity index (χ0v) is 10.4. The van der Waals surface area contributed by atoms with Crippen molar-refractivity contribution < 1.29 is 10.2 Å². The predicted molar refractivity (Wildman–Crippen MR) is 62.9 cm³/mol. The van der Waals surface area contributed by atoms with E-state index in [9.17, 15) is 10.2 Å². The molecule has 3 atom stereocenters. The molecule has 4 aliphatic rings. The molecule has 0 saturated heterocycles. The molecule has 2 N–H and O–H groups in total. The van der Waals surface area contributed by atoms with Gasteiger partial charge in [0.2, 0.25) is 0 Å². The summed E-state index contributed by atoms with van der Waals surface area (Å²) in [5.74, 6) is 1.68. The standard InChI is InChI=1S/C14H24O2/c1-9(2)12(15)13-4-10-3-11(5-13)7-14(16,6-10)8-13/h9-12,15-16H,3-8H2,1-2H3. The molecule has 4 bridgehead atoms. The molecule has 92 valence electrons. The molecule has 16 heavy (non-hydrogen) atoms. The van der Waals surface area contributed by atoms with Gasteiger partial charge in [-0.3, -0.25) is 0 Å². The molecule has 0 amide bonds. The maximum atomic E-state index is 10.6. The van der Waals surface area contributed by atoms with Gasteiger partial charge in [0.15, 0.2) is 0 Å². The van der Waals surface area contributed by atoms with Gasteiger partial charge in [0.25, 0.3) is 0 Å². The Hall–Kier alpha value is -0.0800. The first-order valence-corrected chi connectivity index (χ1v) is 6.83. The van der Waals surface area contributed by atoms with Crippen LogP contribution < -0.4 is 0 Å². The molecule has 0 aromatic rings. The van der Waals surface area contributed by atoms with Gasteiger partial charge in [-0.2, -0.15) is 0 Å². The van der Waals surface area contributed by atoms with Crippen molar-refractivity contribution >= 4 is 0 Å².